The second-order valence-electron chi connectivity index (χ2n) is 6.78. The summed E-state index contributed by atoms with van der Waals surface area (Å²) in [7, 11) is 0. The molecule has 170 valence electrons. The van der Waals surface area contributed by atoms with Gasteiger partial charge in [0, 0.05) is 29.9 Å². The first-order valence-corrected chi connectivity index (χ1v) is 9.80. The Morgan fingerprint density at radius 2 is 1.88 bits per heavy atom. The van der Waals surface area contributed by atoms with Gasteiger partial charge in [0.1, 0.15) is 5.75 Å². The lowest BCUT2D eigenvalue weighted by Gasteiger charge is -2.09. The van der Waals surface area contributed by atoms with E-state index in [0.29, 0.717) is 34.7 Å². The van der Waals surface area contributed by atoms with Crippen LogP contribution in [0.1, 0.15) is 19.8 Å². The van der Waals surface area contributed by atoms with Crippen LogP contribution in [0, 0.1) is 5.82 Å². The number of H-pyrrole nitrogens is 1. The quantitative estimate of drug-likeness (QED) is 0.376. The zero-order valence-electron chi connectivity index (χ0n) is 17.5. The van der Waals surface area contributed by atoms with Crippen LogP contribution in [-0.2, 0) is 4.79 Å². The van der Waals surface area contributed by atoms with E-state index in [0.717, 1.165) is 0 Å². The number of anilines is 1. The van der Waals surface area contributed by atoms with Crippen molar-refractivity contribution in [2.75, 3.05) is 5.73 Å². The minimum absolute atomic E-state index is 0. The monoisotopic (exact) mass is 470 g/mol. The number of carbonyl (C=O) groups is 1. The minimum atomic E-state index is -0.607. The number of nitrogens with zero attached hydrogens (tertiary/aromatic N) is 4. The predicted molar refractivity (Wildman–Crippen MR) is 122 cm³/mol. The van der Waals surface area contributed by atoms with Crippen molar-refractivity contribution >= 4 is 24.2 Å². The zero-order chi connectivity index (χ0) is 22.5. The Morgan fingerprint density at radius 3 is 2.55 bits per heavy atom. The van der Waals surface area contributed by atoms with Crippen LogP contribution >= 0.6 is 12.4 Å². The molecule has 0 aliphatic heterocycles. The maximum Gasteiger partial charge on any atom is 0.312 e. The number of ether oxygens (including phenoxy) is 2. The number of halogens is 2. The molecule has 33 heavy (non-hydrogen) atoms. The van der Waals surface area contributed by atoms with Gasteiger partial charge in [0.15, 0.2) is 11.6 Å². The van der Waals surface area contributed by atoms with Crippen molar-refractivity contribution in [3.05, 3.63) is 60.8 Å². The van der Waals surface area contributed by atoms with E-state index in [2.05, 4.69) is 25.1 Å². The Hall–Kier alpha value is -4.05. The molecule has 3 N–H and O–H groups in total. The van der Waals surface area contributed by atoms with Gasteiger partial charge in [-0.3, -0.25) is 9.89 Å². The molecule has 3 heterocycles. The van der Waals surface area contributed by atoms with Crippen LogP contribution in [0.5, 0.6) is 17.5 Å². The SMILES string of the molecule is CCCC(=O)Oc1nc(-c2ccc(Oc3ncc(-c4ccn[nH]4)cc3F)cc2)cnc1N.Cl. The van der Waals surface area contributed by atoms with E-state index < -0.39 is 11.8 Å². The number of aromatic amines is 1. The maximum absolute atomic E-state index is 14.4. The third kappa shape index (κ3) is 5.60. The molecule has 0 amide bonds. The highest BCUT2D eigenvalue weighted by Gasteiger charge is 2.13. The highest BCUT2D eigenvalue weighted by atomic mass is 35.5. The second-order valence-corrected chi connectivity index (χ2v) is 6.78. The van der Waals surface area contributed by atoms with E-state index in [4.69, 9.17) is 15.2 Å². The summed E-state index contributed by atoms with van der Waals surface area (Å²) in [6, 6.07) is 9.73. The average Bonchev–Trinajstić information content (AvgIpc) is 3.32. The lowest BCUT2D eigenvalue weighted by atomic mass is 10.1. The smallest absolute Gasteiger partial charge is 0.312 e. The molecule has 0 saturated carbocycles. The number of pyridine rings is 1. The average molecular weight is 471 g/mol. The number of esters is 1. The summed E-state index contributed by atoms with van der Waals surface area (Å²) < 4.78 is 25.2. The van der Waals surface area contributed by atoms with Gasteiger partial charge in [-0.25, -0.2) is 19.3 Å². The van der Waals surface area contributed by atoms with E-state index in [1.54, 1.807) is 36.5 Å². The molecule has 0 aliphatic rings. The Labute approximate surface area is 194 Å². The molecule has 11 heteroatoms. The molecule has 9 nitrogen and oxygen atoms in total. The van der Waals surface area contributed by atoms with Crippen LogP contribution in [0.2, 0.25) is 0 Å². The third-order valence-corrected chi connectivity index (χ3v) is 4.42. The fourth-order valence-corrected chi connectivity index (χ4v) is 2.83. The molecule has 4 aromatic rings. The van der Waals surface area contributed by atoms with Crippen LogP contribution in [0.3, 0.4) is 0 Å². The number of hydrogen-bond donors (Lipinski definition) is 2. The summed E-state index contributed by atoms with van der Waals surface area (Å²) >= 11 is 0. The largest absolute Gasteiger partial charge is 0.436 e. The standard InChI is InChI=1S/C22H19FN6O3.ClH/c1-2-3-19(30)32-22-20(24)25-12-18(28-22)13-4-6-15(7-5-13)31-21-16(23)10-14(11-26-21)17-8-9-27-29-17;/h4-12H,2-3H2,1H3,(H2,24,25)(H,27,29);1H. The third-order valence-electron chi connectivity index (χ3n) is 4.42. The van der Waals surface area contributed by atoms with Gasteiger partial charge in [-0.1, -0.05) is 6.92 Å². The summed E-state index contributed by atoms with van der Waals surface area (Å²) in [5.74, 6) is -0.819. The molecule has 0 bridgehead atoms. The molecule has 0 fully saturated rings. The van der Waals surface area contributed by atoms with Crippen molar-refractivity contribution in [2.45, 2.75) is 19.8 Å². The van der Waals surface area contributed by atoms with Gasteiger partial charge in [0.05, 0.1) is 17.6 Å². The van der Waals surface area contributed by atoms with Crippen LogP contribution in [0.4, 0.5) is 10.2 Å². The van der Waals surface area contributed by atoms with Crippen molar-refractivity contribution < 1.29 is 18.7 Å². The van der Waals surface area contributed by atoms with Gasteiger partial charge in [0.25, 0.3) is 11.8 Å². The van der Waals surface area contributed by atoms with E-state index >= 15 is 0 Å². The summed E-state index contributed by atoms with van der Waals surface area (Å²) in [5.41, 5.74) is 8.10. The predicted octanol–water partition coefficient (Wildman–Crippen LogP) is 4.57. The van der Waals surface area contributed by atoms with Crippen molar-refractivity contribution in [3.8, 4) is 40.0 Å². The molecule has 3 aromatic heterocycles. The van der Waals surface area contributed by atoms with Crippen molar-refractivity contribution in [3.63, 3.8) is 0 Å². The van der Waals surface area contributed by atoms with Crippen LogP contribution < -0.4 is 15.2 Å². The minimum Gasteiger partial charge on any atom is -0.436 e. The number of hydrogen-bond acceptors (Lipinski definition) is 8. The maximum atomic E-state index is 14.4. The van der Waals surface area contributed by atoms with Gasteiger partial charge in [-0.05, 0) is 42.8 Å². The molecule has 0 atom stereocenters. The number of rotatable bonds is 7. The van der Waals surface area contributed by atoms with Gasteiger partial charge >= 0.3 is 5.97 Å². The Bertz CT molecular complexity index is 1240. The van der Waals surface area contributed by atoms with Crippen molar-refractivity contribution in [2.24, 2.45) is 0 Å². The molecular formula is C22H20ClFN6O3. The first-order valence-electron chi connectivity index (χ1n) is 9.80. The highest BCUT2D eigenvalue weighted by molar-refractivity contribution is 5.85. The summed E-state index contributed by atoms with van der Waals surface area (Å²) in [5, 5.41) is 6.59. The summed E-state index contributed by atoms with van der Waals surface area (Å²) in [6.07, 6.45) is 5.44. The molecule has 0 unspecified atom stereocenters. The lowest BCUT2D eigenvalue weighted by molar-refractivity contribution is -0.134. The van der Waals surface area contributed by atoms with Gasteiger partial charge < -0.3 is 15.2 Å². The fraction of sp³-hybridized carbons (Fsp3) is 0.136. The molecule has 4 rings (SSSR count). The van der Waals surface area contributed by atoms with E-state index in [1.807, 2.05) is 6.92 Å². The Balaban J connectivity index is 0.00000306. The number of nitrogens with one attached hydrogen (secondary N) is 1. The molecule has 1 aromatic carbocycles. The topological polar surface area (TPSA) is 129 Å². The number of carbonyl (C=O) groups excluding carboxylic acids is 1. The van der Waals surface area contributed by atoms with Crippen molar-refractivity contribution in [1.82, 2.24) is 25.1 Å². The zero-order valence-corrected chi connectivity index (χ0v) is 18.3. The van der Waals surface area contributed by atoms with E-state index in [9.17, 15) is 9.18 Å². The lowest BCUT2D eigenvalue weighted by Crippen LogP contribution is -2.11. The normalized spacial score (nSPS) is 10.4. The number of aromatic nitrogens is 5. The Morgan fingerprint density at radius 1 is 1.09 bits per heavy atom. The number of nitrogen functional groups attached to an aromatic ring is 1. The van der Waals surface area contributed by atoms with Gasteiger partial charge in [-0.2, -0.15) is 5.10 Å². The van der Waals surface area contributed by atoms with E-state index in [-0.39, 0.29) is 36.4 Å². The molecule has 0 aliphatic carbocycles. The highest BCUT2D eigenvalue weighted by Crippen LogP contribution is 2.28. The molecular weight excluding hydrogens is 451 g/mol. The van der Waals surface area contributed by atoms with Crippen LogP contribution in [0.15, 0.2) is 55.0 Å². The number of benzene rings is 1. The second kappa shape index (κ2) is 10.5. The first-order chi connectivity index (χ1) is 15.5. The van der Waals surface area contributed by atoms with Gasteiger partial charge in [-0.15, -0.1) is 12.4 Å². The fourth-order valence-electron chi connectivity index (χ4n) is 2.83. The summed E-state index contributed by atoms with van der Waals surface area (Å²) in [4.78, 5) is 24.1. The van der Waals surface area contributed by atoms with Crippen molar-refractivity contribution in [1.29, 1.82) is 0 Å². The van der Waals surface area contributed by atoms with Crippen LogP contribution in [0.25, 0.3) is 22.5 Å². The van der Waals surface area contributed by atoms with Crippen LogP contribution in [-0.4, -0.2) is 31.1 Å². The summed E-state index contributed by atoms with van der Waals surface area (Å²) in [6.45, 7) is 1.87. The molecule has 0 spiro atoms. The molecule has 0 saturated heterocycles. The Kier molecular flexibility index (Phi) is 7.52. The molecule has 0 radical (unpaired) electrons. The number of nitrogens with two attached hydrogens (primary N) is 1. The van der Waals surface area contributed by atoms with E-state index in [1.165, 1.54) is 18.5 Å². The van der Waals surface area contributed by atoms with Gasteiger partial charge in [0.2, 0.25) is 0 Å². The first kappa shape index (κ1) is 23.6.